The Morgan fingerprint density at radius 1 is 1.23 bits per heavy atom. The Hall–Kier alpha value is -1.29. The third-order valence-corrected chi connectivity index (χ3v) is 2.41. The monoisotopic (exact) mass is 194 g/mol. The zero-order valence-corrected chi connectivity index (χ0v) is 7.59. The lowest BCUT2D eigenvalue weighted by Crippen LogP contribution is -1.81. The Kier molecular flexibility index (Phi) is 2.31. The van der Waals surface area contributed by atoms with Crippen LogP contribution in [0.4, 0.5) is 4.39 Å². The van der Waals surface area contributed by atoms with Gasteiger partial charge in [-0.25, -0.2) is 4.39 Å². The fourth-order valence-corrected chi connectivity index (χ4v) is 1.63. The number of benzene rings is 1. The molecule has 2 rings (SSSR count). The first-order chi connectivity index (χ1) is 6.42. The fraction of sp³-hybridized carbons (Fsp3) is 0.111. The van der Waals surface area contributed by atoms with E-state index in [1.165, 1.54) is 0 Å². The fourth-order valence-electron chi connectivity index (χ4n) is 1.11. The highest BCUT2D eigenvalue weighted by atomic mass is 32.1. The van der Waals surface area contributed by atoms with E-state index in [4.69, 9.17) is 0 Å². The summed E-state index contributed by atoms with van der Waals surface area (Å²) in [7, 11) is 0. The largest absolute Gasteiger partial charge is 0.245 e. The zero-order valence-electron chi connectivity index (χ0n) is 6.77. The van der Waals surface area contributed by atoms with E-state index in [9.17, 15) is 4.39 Å². The number of alkyl halides is 1. The van der Waals surface area contributed by atoms with Crippen molar-refractivity contribution < 1.29 is 4.39 Å². The lowest BCUT2D eigenvalue weighted by atomic mass is 10.1. The van der Waals surface area contributed by atoms with E-state index in [2.05, 4.69) is 9.59 Å². The SMILES string of the molecule is FCc1snnc1-c1ccccc1. The third kappa shape index (κ3) is 1.58. The summed E-state index contributed by atoms with van der Waals surface area (Å²) in [6.07, 6.45) is 0. The molecule has 0 saturated carbocycles. The number of nitrogens with zero attached hydrogens (tertiary/aromatic N) is 2. The molecule has 4 heteroatoms. The van der Waals surface area contributed by atoms with Gasteiger partial charge < -0.3 is 0 Å². The lowest BCUT2D eigenvalue weighted by Gasteiger charge is -1.95. The molecule has 1 aromatic heterocycles. The highest BCUT2D eigenvalue weighted by Crippen LogP contribution is 2.23. The third-order valence-electron chi connectivity index (χ3n) is 1.72. The topological polar surface area (TPSA) is 25.8 Å². The van der Waals surface area contributed by atoms with Crippen LogP contribution in [0.25, 0.3) is 11.3 Å². The predicted octanol–water partition coefficient (Wildman–Crippen LogP) is 2.67. The molecule has 0 spiro atoms. The van der Waals surface area contributed by atoms with E-state index < -0.39 is 6.67 Å². The van der Waals surface area contributed by atoms with Crippen LogP contribution in [0, 0.1) is 0 Å². The number of hydrogen-bond acceptors (Lipinski definition) is 3. The Balaban J connectivity index is 2.47. The summed E-state index contributed by atoms with van der Waals surface area (Å²) in [5.41, 5.74) is 1.58. The average Bonchev–Trinajstić information content (AvgIpc) is 2.67. The second-order valence-electron chi connectivity index (χ2n) is 2.54. The van der Waals surface area contributed by atoms with E-state index in [0.29, 0.717) is 10.6 Å². The average molecular weight is 194 g/mol. The van der Waals surface area contributed by atoms with Crippen molar-refractivity contribution in [2.75, 3.05) is 0 Å². The van der Waals surface area contributed by atoms with Crippen molar-refractivity contribution in [1.82, 2.24) is 9.59 Å². The van der Waals surface area contributed by atoms with Gasteiger partial charge in [0, 0.05) is 5.56 Å². The van der Waals surface area contributed by atoms with Gasteiger partial charge in [-0.05, 0) is 11.5 Å². The van der Waals surface area contributed by atoms with Crippen molar-refractivity contribution in [3.05, 3.63) is 35.2 Å². The molecule has 0 aliphatic heterocycles. The Bertz CT molecular complexity index is 386. The van der Waals surface area contributed by atoms with Gasteiger partial charge in [0.2, 0.25) is 0 Å². The van der Waals surface area contributed by atoms with Crippen LogP contribution in [0.2, 0.25) is 0 Å². The molecule has 66 valence electrons. The van der Waals surface area contributed by atoms with Gasteiger partial charge in [0.25, 0.3) is 0 Å². The van der Waals surface area contributed by atoms with E-state index in [-0.39, 0.29) is 0 Å². The molecule has 0 aliphatic carbocycles. The van der Waals surface area contributed by atoms with Crippen LogP contribution in [-0.4, -0.2) is 9.59 Å². The molecule has 0 bridgehead atoms. The molecule has 1 aromatic carbocycles. The summed E-state index contributed by atoms with van der Waals surface area (Å²) in [6, 6.07) is 9.51. The number of aromatic nitrogens is 2. The van der Waals surface area contributed by atoms with Crippen molar-refractivity contribution in [3.63, 3.8) is 0 Å². The standard InChI is InChI=1S/C9H7FN2S/c10-6-8-9(11-12-13-8)7-4-2-1-3-5-7/h1-5H,6H2. The molecule has 0 amide bonds. The van der Waals surface area contributed by atoms with Crippen molar-refractivity contribution in [3.8, 4) is 11.3 Å². The Morgan fingerprint density at radius 2 is 2.00 bits per heavy atom. The maximum Gasteiger partial charge on any atom is 0.127 e. The van der Waals surface area contributed by atoms with Gasteiger partial charge in [0.1, 0.15) is 12.4 Å². The van der Waals surface area contributed by atoms with Crippen LogP contribution in [0.5, 0.6) is 0 Å². The molecule has 1 heterocycles. The maximum atomic E-state index is 12.4. The number of rotatable bonds is 2. The molecule has 13 heavy (non-hydrogen) atoms. The second-order valence-corrected chi connectivity index (χ2v) is 3.38. The number of hydrogen-bond donors (Lipinski definition) is 0. The zero-order chi connectivity index (χ0) is 9.10. The van der Waals surface area contributed by atoms with Crippen molar-refractivity contribution in [1.29, 1.82) is 0 Å². The van der Waals surface area contributed by atoms with Gasteiger partial charge in [-0.15, -0.1) is 5.10 Å². The van der Waals surface area contributed by atoms with Gasteiger partial charge in [0.15, 0.2) is 0 Å². The first kappa shape index (κ1) is 8.31. The minimum Gasteiger partial charge on any atom is -0.245 e. The van der Waals surface area contributed by atoms with E-state index in [0.717, 1.165) is 17.1 Å². The highest BCUT2D eigenvalue weighted by Gasteiger charge is 2.08. The van der Waals surface area contributed by atoms with Crippen LogP contribution < -0.4 is 0 Å². The van der Waals surface area contributed by atoms with Gasteiger partial charge in [-0.1, -0.05) is 34.8 Å². The van der Waals surface area contributed by atoms with E-state index >= 15 is 0 Å². The van der Waals surface area contributed by atoms with Gasteiger partial charge in [-0.3, -0.25) is 0 Å². The summed E-state index contributed by atoms with van der Waals surface area (Å²) in [5, 5.41) is 3.89. The molecule has 0 atom stereocenters. The molecule has 0 N–H and O–H groups in total. The lowest BCUT2D eigenvalue weighted by molar-refractivity contribution is 0.491. The molecule has 0 radical (unpaired) electrons. The van der Waals surface area contributed by atoms with Crippen molar-refractivity contribution >= 4 is 11.5 Å². The van der Waals surface area contributed by atoms with E-state index in [1.54, 1.807) is 0 Å². The van der Waals surface area contributed by atoms with Crippen LogP contribution in [0.3, 0.4) is 0 Å². The summed E-state index contributed by atoms with van der Waals surface area (Å²) in [5.74, 6) is 0. The van der Waals surface area contributed by atoms with Crippen LogP contribution in [0.1, 0.15) is 4.88 Å². The summed E-state index contributed by atoms with van der Waals surface area (Å²) >= 11 is 1.11. The second kappa shape index (κ2) is 3.62. The Labute approximate surface area is 79.2 Å². The smallest absolute Gasteiger partial charge is 0.127 e. The first-order valence-electron chi connectivity index (χ1n) is 3.84. The summed E-state index contributed by atoms with van der Waals surface area (Å²) < 4.78 is 16.2. The molecule has 2 nitrogen and oxygen atoms in total. The highest BCUT2D eigenvalue weighted by molar-refractivity contribution is 7.05. The minimum atomic E-state index is -0.498. The minimum absolute atomic E-state index is 0.498. The molecule has 0 unspecified atom stereocenters. The predicted molar refractivity (Wildman–Crippen MR) is 50.2 cm³/mol. The summed E-state index contributed by atoms with van der Waals surface area (Å²) in [4.78, 5) is 0.589. The molecular weight excluding hydrogens is 187 g/mol. The molecule has 2 aromatic rings. The normalized spacial score (nSPS) is 10.2. The van der Waals surface area contributed by atoms with Gasteiger partial charge in [-0.2, -0.15) is 0 Å². The van der Waals surface area contributed by atoms with Crippen molar-refractivity contribution in [2.24, 2.45) is 0 Å². The number of halogens is 1. The van der Waals surface area contributed by atoms with E-state index in [1.807, 2.05) is 30.3 Å². The molecule has 0 saturated heterocycles. The van der Waals surface area contributed by atoms with Crippen LogP contribution in [-0.2, 0) is 6.67 Å². The van der Waals surface area contributed by atoms with Gasteiger partial charge >= 0.3 is 0 Å². The van der Waals surface area contributed by atoms with Crippen LogP contribution >= 0.6 is 11.5 Å². The first-order valence-corrected chi connectivity index (χ1v) is 4.62. The summed E-state index contributed by atoms with van der Waals surface area (Å²) in [6.45, 7) is -0.498. The molecule has 0 aliphatic rings. The van der Waals surface area contributed by atoms with Crippen molar-refractivity contribution in [2.45, 2.75) is 6.67 Å². The van der Waals surface area contributed by atoms with Gasteiger partial charge in [0.05, 0.1) is 4.88 Å². The molecular formula is C9H7FN2S. The van der Waals surface area contributed by atoms with Crippen LogP contribution in [0.15, 0.2) is 30.3 Å². The maximum absolute atomic E-state index is 12.4. The Morgan fingerprint density at radius 3 is 2.69 bits per heavy atom. The molecule has 0 fully saturated rings. The quantitative estimate of drug-likeness (QED) is 0.734.